The summed E-state index contributed by atoms with van der Waals surface area (Å²) in [6.45, 7) is 3.83. The third-order valence-corrected chi connectivity index (χ3v) is 3.74. The molecule has 4 nitrogen and oxygen atoms in total. The predicted molar refractivity (Wildman–Crippen MR) is 72.1 cm³/mol. The number of rotatable bonds is 4. The lowest BCUT2D eigenvalue weighted by Gasteiger charge is -2.12. The van der Waals surface area contributed by atoms with Gasteiger partial charge in [0.05, 0.1) is 0 Å². The highest BCUT2D eigenvalue weighted by molar-refractivity contribution is 7.99. The Morgan fingerprint density at radius 3 is 2.72 bits per heavy atom. The van der Waals surface area contributed by atoms with Gasteiger partial charge in [0.2, 0.25) is 5.89 Å². The molecule has 0 bridgehead atoms. The molecule has 1 unspecified atom stereocenters. The summed E-state index contributed by atoms with van der Waals surface area (Å²) in [4.78, 5) is 0.982. The lowest BCUT2D eigenvalue weighted by Crippen LogP contribution is -2.12. The summed E-state index contributed by atoms with van der Waals surface area (Å²) < 4.78 is 5.31. The van der Waals surface area contributed by atoms with Gasteiger partial charge in [0, 0.05) is 22.9 Å². The van der Waals surface area contributed by atoms with E-state index < -0.39 is 0 Å². The highest BCUT2D eigenvalue weighted by atomic mass is 35.5. The minimum Gasteiger partial charge on any atom is -0.416 e. The van der Waals surface area contributed by atoms with Crippen LogP contribution in [0.5, 0.6) is 0 Å². The van der Waals surface area contributed by atoms with Crippen molar-refractivity contribution in [2.45, 2.75) is 30.0 Å². The molecule has 1 atom stereocenters. The fourth-order valence-corrected chi connectivity index (χ4v) is 2.67. The summed E-state index contributed by atoms with van der Waals surface area (Å²) in [6, 6.07) is 6.14. The Balaban J connectivity index is 2.18. The van der Waals surface area contributed by atoms with Gasteiger partial charge < -0.3 is 9.73 Å². The van der Waals surface area contributed by atoms with Crippen molar-refractivity contribution in [2.24, 2.45) is 0 Å². The van der Waals surface area contributed by atoms with Crippen molar-refractivity contribution < 1.29 is 4.42 Å². The van der Waals surface area contributed by atoms with Gasteiger partial charge in [-0.2, -0.15) is 0 Å². The van der Waals surface area contributed by atoms with E-state index in [2.05, 4.69) is 22.4 Å². The lowest BCUT2D eigenvalue weighted by atomic mass is 10.1. The molecule has 96 valence electrons. The second kappa shape index (κ2) is 5.73. The molecule has 0 aliphatic rings. The molecule has 18 heavy (non-hydrogen) atoms. The molecule has 0 fully saturated rings. The topological polar surface area (TPSA) is 51.0 Å². The van der Waals surface area contributed by atoms with Crippen LogP contribution in [0.2, 0.25) is 5.02 Å². The van der Waals surface area contributed by atoms with Gasteiger partial charge in [-0.05, 0) is 43.4 Å². The van der Waals surface area contributed by atoms with E-state index in [9.17, 15) is 0 Å². The van der Waals surface area contributed by atoms with Gasteiger partial charge in [-0.1, -0.05) is 17.7 Å². The summed E-state index contributed by atoms with van der Waals surface area (Å²) in [6.07, 6.45) is 0. The first kappa shape index (κ1) is 13.4. The zero-order valence-corrected chi connectivity index (χ0v) is 12.0. The SMILES string of the molecule is CNC(C)c1ccc(Sc2nnc(C)o2)cc1Cl. The van der Waals surface area contributed by atoms with Gasteiger partial charge in [0.1, 0.15) is 0 Å². The molecule has 0 amide bonds. The monoisotopic (exact) mass is 283 g/mol. The van der Waals surface area contributed by atoms with Crippen molar-refractivity contribution >= 4 is 23.4 Å². The van der Waals surface area contributed by atoms with Crippen LogP contribution in [-0.2, 0) is 0 Å². The Kier molecular flexibility index (Phi) is 4.27. The number of nitrogens with zero attached hydrogens (tertiary/aromatic N) is 2. The lowest BCUT2D eigenvalue weighted by molar-refractivity contribution is 0.429. The van der Waals surface area contributed by atoms with E-state index in [1.165, 1.54) is 11.8 Å². The number of halogens is 1. The largest absolute Gasteiger partial charge is 0.416 e. The van der Waals surface area contributed by atoms with E-state index in [-0.39, 0.29) is 6.04 Å². The normalized spacial score (nSPS) is 12.7. The molecule has 1 N–H and O–H groups in total. The van der Waals surface area contributed by atoms with E-state index in [1.807, 2.05) is 25.2 Å². The summed E-state index contributed by atoms with van der Waals surface area (Å²) >= 11 is 7.66. The fraction of sp³-hybridized carbons (Fsp3) is 0.333. The third kappa shape index (κ3) is 3.04. The quantitative estimate of drug-likeness (QED) is 0.931. The summed E-state index contributed by atoms with van der Waals surface area (Å²) in [7, 11) is 1.91. The molecule has 0 saturated heterocycles. The van der Waals surface area contributed by atoms with E-state index in [0.717, 1.165) is 15.5 Å². The van der Waals surface area contributed by atoms with Crippen molar-refractivity contribution in [1.29, 1.82) is 0 Å². The minimum absolute atomic E-state index is 0.224. The first-order valence-corrected chi connectivity index (χ1v) is 6.74. The zero-order valence-electron chi connectivity index (χ0n) is 10.4. The molecule has 0 saturated carbocycles. The van der Waals surface area contributed by atoms with E-state index in [1.54, 1.807) is 6.92 Å². The smallest absolute Gasteiger partial charge is 0.281 e. The minimum atomic E-state index is 0.224. The Labute approximate surface area is 115 Å². The first-order valence-electron chi connectivity index (χ1n) is 5.55. The first-order chi connectivity index (χ1) is 8.60. The Hall–Kier alpha value is -1.04. The van der Waals surface area contributed by atoms with Crippen LogP contribution in [0.25, 0.3) is 0 Å². The molecular formula is C12H14ClN3OS. The number of benzene rings is 1. The molecule has 0 spiro atoms. The standard InChI is InChI=1S/C12H14ClN3OS/c1-7(14-3)10-5-4-9(6-11(10)13)18-12-16-15-8(2)17-12/h4-7,14H,1-3H3. The fourth-order valence-electron chi connectivity index (χ4n) is 1.50. The maximum absolute atomic E-state index is 6.25. The van der Waals surface area contributed by atoms with Crippen LogP contribution in [0, 0.1) is 6.92 Å². The average Bonchev–Trinajstić information content (AvgIpc) is 2.74. The van der Waals surface area contributed by atoms with Gasteiger partial charge in [0.25, 0.3) is 5.22 Å². The number of nitrogens with one attached hydrogen (secondary N) is 1. The van der Waals surface area contributed by atoms with Crippen LogP contribution >= 0.6 is 23.4 Å². The Bertz CT molecular complexity index is 544. The van der Waals surface area contributed by atoms with E-state index >= 15 is 0 Å². The third-order valence-electron chi connectivity index (χ3n) is 2.58. The Morgan fingerprint density at radius 1 is 1.39 bits per heavy atom. The van der Waals surface area contributed by atoms with Crippen LogP contribution in [0.3, 0.4) is 0 Å². The van der Waals surface area contributed by atoms with Gasteiger partial charge >= 0.3 is 0 Å². The zero-order chi connectivity index (χ0) is 13.1. The van der Waals surface area contributed by atoms with E-state index in [0.29, 0.717) is 11.1 Å². The molecular weight excluding hydrogens is 270 g/mol. The molecule has 6 heteroatoms. The van der Waals surface area contributed by atoms with Crippen LogP contribution in [0.1, 0.15) is 24.4 Å². The maximum atomic E-state index is 6.25. The maximum Gasteiger partial charge on any atom is 0.281 e. The number of aryl methyl sites for hydroxylation is 1. The second-order valence-corrected chi connectivity index (χ2v) is 5.31. The molecule has 0 aliphatic carbocycles. The molecule has 0 aliphatic heterocycles. The van der Waals surface area contributed by atoms with Crippen LogP contribution < -0.4 is 5.32 Å². The van der Waals surface area contributed by atoms with E-state index in [4.69, 9.17) is 16.0 Å². The number of aromatic nitrogens is 2. The van der Waals surface area contributed by atoms with Crippen molar-refractivity contribution in [3.8, 4) is 0 Å². The Morgan fingerprint density at radius 2 is 2.17 bits per heavy atom. The molecule has 0 radical (unpaired) electrons. The van der Waals surface area contributed by atoms with Gasteiger partial charge in [-0.25, -0.2) is 0 Å². The van der Waals surface area contributed by atoms with Crippen molar-refractivity contribution in [2.75, 3.05) is 7.05 Å². The summed E-state index contributed by atoms with van der Waals surface area (Å²) in [5.41, 5.74) is 1.07. The van der Waals surface area contributed by atoms with Crippen molar-refractivity contribution in [3.63, 3.8) is 0 Å². The van der Waals surface area contributed by atoms with Crippen molar-refractivity contribution in [1.82, 2.24) is 15.5 Å². The highest BCUT2D eigenvalue weighted by Gasteiger charge is 2.10. The van der Waals surface area contributed by atoms with Crippen LogP contribution in [-0.4, -0.2) is 17.2 Å². The van der Waals surface area contributed by atoms with Crippen LogP contribution in [0.4, 0.5) is 0 Å². The molecule has 2 rings (SSSR count). The van der Waals surface area contributed by atoms with Crippen molar-refractivity contribution in [3.05, 3.63) is 34.7 Å². The summed E-state index contributed by atoms with van der Waals surface area (Å²) in [5, 5.41) is 12.1. The number of hydrogen-bond donors (Lipinski definition) is 1. The van der Waals surface area contributed by atoms with Gasteiger partial charge in [0.15, 0.2) is 0 Å². The molecule has 1 aromatic heterocycles. The van der Waals surface area contributed by atoms with Gasteiger partial charge in [-0.3, -0.25) is 0 Å². The second-order valence-electron chi connectivity index (χ2n) is 3.88. The molecule has 1 aromatic carbocycles. The number of hydrogen-bond acceptors (Lipinski definition) is 5. The van der Waals surface area contributed by atoms with Gasteiger partial charge in [-0.15, -0.1) is 10.2 Å². The summed E-state index contributed by atoms with van der Waals surface area (Å²) in [5.74, 6) is 0.559. The molecule has 1 heterocycles. The molecule has 2 aromatic rings. The average molecular weight is 284 g/mol. The predicted octanol–water partition coefficient (Wildman–Crippen LogP) is 3.46. The highest BCUT2D eigenvalue weighted by Crippen LogP contribution is 2.31. The van der Waals surface area contributed by atoms with Crippen LogP contribution in [0.15, 0.2) is 32.7 Å².